The Hall–Kier alpha value is -1.09. The van der Waals surface area contributed by atoms with Gasteiger partial charge in [-0.3, -0.25) is 0 Å². The van der Waals surface area contributed by atoms with E-state index in [4.69, 9.17) is 5.73 Å². The van der Waals surface area contributed by atoms with Crippen molar-refractivity contribution >= 4 is 27.2 Å². The van der Waals surface area contributed by atoms with E-state index >= 15 is 0 Å². The van der Waals surface area contributed by atoms with Crippen LogP contribution in [0.25, 0.3) is 10.2 Å². The molecule has 2 nitrogen and oxygen atoms in total. The monoisotopic (exact) mass is 166 g/mol. The zero-order valence-electron chi connectivity index (χ0n) is 5.24. The highest BCUT2D eigenvalue weighted by molar-refractivity contribution is 7.16. The van der Waals surface area contributed by atoms with Crippen LogP contribution in [0.2, 0.25) is 0 Å². The fraction of sp³-hybridized carbons (Fsp3) is 0.125. The fourth-order valence-electron chi connectivity index (χ4n) is 0.875. The van der Waals surface area contributed by atoms with Crippen molar-refractivity contribution in [3.8, 4) is 0 Å². The molecule has 58 valence electrons. The molecule has 0 bridgehead atoms. The Morgan fingerprint density at radius 3 is 3.00 bits per heavy atom. The van der Waals surface area contributed by atoms with E-state index in [1.165, 1.54) is 4.70 Å². The minimum Gasteiger partial charge on any atom is -0.399 e. The number of fused-ring (bicyclic) bond motifs is 1. The Kier molecular flexibility index (Phi) is 2.10. The van der Waals surface area contributed by atoms with Crippen LogP contribution in [-0.4, -0.2) is 4.98 Å². The van der Waals surface area contributed by atoms with Gasteiger partial charge in [-0.05, 0) is 18.2 Å². The third-order valence-electron chi connectivity index (χ3n) is 1.35. The van der Waals surface area contributed by atoms with E-state index in [9.17, 15) is 0 Å². The predicted octanol–water partition coefficient (Wildman–Crippen LogP) is 2.51. The van der Waals surface area contributed by atoms with Crippen molar-refractivity contribution in [2.24, 2.45) is 0 Å². The molecule has 0 aliphatic heterocycles. The van der Waals surface area contributed by atoms with Gasteiger partial charge in [0, 0.05) is 5.69 Å². The lowest BCUT2D eigenvalue weighted by Crippen LogP contribution is -1.81. The quantitative estimate of drug-likeness (QED) is 0.611. The molecule has 2 N–H and O–H groups in total. The van der Waals surface area contributed by atoms with Crippen molar-refractivity contribution in [1.29, 1.82) is 0 Å². The Labute approximate surface area is 69.7 Å². The first-order valence-electron chi connectivity index (χ1n) is 2.95. The molecule has 11 heavy (non-hydrogen) atoms. The van der Waals surface area contributed by atoms with Gasteiger partial charge < -0.3 is 5.73 Å². The van der Waals surface area contributed by atoms with E-state index in [0.717, 1.165) is 11.2 Å². The second kappa shape index (κ2) is 2.88. The van der Waals surface area contributed by atoms with E-state index in [1.54, 1.807) is 11.3 Å². The number of rotatable bonds is 0. The molecule has 0 spiro atoms. The highest BCUT2D eigenvalue weighted by atomic mass is 32.1. The molecule has 1 aromatic carbocycles. The van der Waals surface area contributed by atoms with Crippen LogP contribution in [0, 0.1) is 0 Å². The number of hydrogen-bond acceptors (Lipinski definition) is 3. The van der Waals surface area contributed by atoms with Crippen molar-refractivity contribution in [2.45, 2.75) is 7.43 Å². The Bertz CT molecular complexity index is 354. The molecule has 0 aliphatic rings. The first-order chi connectivity index (χ1) is 4.86. The summed E-state index contributed by atoms with van der Waals surface area (Å²) in [7, 11) is 0. The highest BCUT2D eigenvalue weighted by Gasteiger charge is 1.93. The average Bonchev–Trinajstić information content (AvgIpc) is 2.33. The molecule has 0 amide bonds. The minimum absolute atomic E-state index is 0. The van der Waals surface area contributed by atoms with Crippen LogP contribution in [0.3, 0.4) is 0 Å². The van der Waals surface area contributed by atoms with E-state index in [0.29, 0.717) is 0 Å². The van der Waals surface area contributed by atoms with Crippen LogP contribution in [0.15, 0.2) is 23.7 Å². The van der Waals surface area contributed by atoms with Crippen LogP contribution in [0.1, 0.15) is 7.43 Å². The van der Waals surface area contributed by atoms with E-state index in [-0.39, 0.29) is 7.43 Å². The summed E-state index contributed by atoms with van der Waals surface area (Å²) in [5.41, 5.74) is 9.14. The van der Waals surface area contributed by atoms with Crippen LogP contribution in [0.5, 0.6) is 0 Å². The second-order valence-corrected chi connectivity index (χ2v) is 2.97. The summed E-state index contributed by atoms with van der Waals surface area (Å²) in [5.74, 6) is 0. The summed E-state index contributed by atoms with van der Waals surface area (Å²) in [5, 5.41) is 0. The van der Waals surface area contributed by atoms with Gasteiger partial charge >= 0.3 is 0 Å². The molecule has 0 aliphatic carbocycles. The number of nitrogens with two attached hydrogens (primary N) is 1. The summed E-state index contributed by atoms with van der Waals surface area (Å²) in [4.78, 5) is 4.12. The number of nitrogens with zero attached hydrogens (tertiary/aromatic N) is 1. The molecule has 0 saturated heterocycles. The maximum absolute atomic E-state index is 5.55. The van der Waals surface area contributed by atoms with Crippen LogP contribution < -0.4 is 5.73 Å². The topological polar surface area (TPSA) is 38.9 Å². The third kappa shape index (κ3) is 1.33. The Morgan fingerprint density at radius 1 is 1.36 bits per heavy atom. The second-order valence-electron chi connectivity index (χ2n) is 2.08. The van der Waals surface area contributed by atoms with Gasteiger partial charge in [0.15, 0.2) is 0 Å². The van der Waals surface area contributed by atoms with Gasteiger partial charge in [0.2, 0.25) is 0 Å². The van der Waals surface area contributed by atoms with Crippen LogP contribution in [0.4, 0.5) is 5.69 Å². The van der Waals surface area contributed by atoms with Crippen molar-refractivity contribution in [1.82, 2.24) is 4.98 Å². The minimum atomic E-state index is 0. The number of anilines is 1. The third-order valence-corrected chi connectivity index (χ3v) is 2.16. The fourth-order valence-corrected chi connectivity index (χ4v) is 1.53. The first kappa shape index (κ1) is 8.01. The van der Waals surface area contributed by atoms with Gasteiger partial charge in [-0.25, -0.2) is 4.98 Å². The van der Waals surface area contributed by atoms with Crippen LogP contribution >= 0.6 is 11.3 Å². The lowest BCUT2D eigenvalue weighted by atomic mass is 10.3. The lowest BCUT2D eigenvalue weighted by Gasteiger charge is -1.89. The highest BCUT2D eigenvalue weighted by Crippen LogP contribution is 2.19. The standard InChI is InChI=1S/C7H6N2S.CH4/c8-5-1-2-7-6(3-5)9-4-10-7;/h1-4H,8H2;1H4. The van der Waals surface area contributed by atoms with Gasteiger partial charge in [0.1, 0.15) is 0 Å². The van der Waals surface area contributed by atoms with Gasteiger partial charge in [-0.1, -0.05) is 7.43 Å². The lowest BCUT2D eigenvalue weighted by molar-refractivity contribution is 1.50. The molecule has 0 radical (unpaired) electrons. The molecular formula is C8H10N2S. The largest absolute Gasteiger partial charge is 0.399 e. The Morgan fingerprint density at radius 2 is 2.18 bits per heavy atom. The van der Waals surface area contributed by atoms with E-state index < -0.39 is 0 Å². The van der Waals surface area contributed by atoms with Crippen LogP contribution in [-0.2, 0) is 0 Å². The molecule has 2 aromatic rings. The molecule has 1 heterocycles. The number of benzene rings is 1. The molecule has 0 unspecified atom stereocenters. The number of nitrogen functional groups attached to an aromatic ring is 1. The average molecular weight is 166 g/mol. The van der Waals surface area contributed by atoms with Crippen molar-refractivity contribution < 1.29 is 0 Å². The zero-order valence-corrected chi connectivity index (χ0v) is 6.06. The number of thiazole rings is 1. The first-order valence-corrected chi connectivity index (χ1v) is 3.83. The normalized spacial score (nSPS) is 9.45. The number of hydrogen-bond donors (Lipinski definition) is 1. The predicted molar refractivity (Wildman–Crippen MR) is 50.8 cm³/mol. The summed E-state index contributed by atoms with van der Waals surface area (Å²) in [6.45, 7) is 0. The molecular weight excluding hydrogens is 156 g/mol. The number of aromatic nitrogens is 1. The van der Waals surface area contributed by atoms with Crippen molar-refractivity contribution in [3.63, 3.8) is 0 Å². The summed E-state index contributed by atoms with van der Waals surface area (Å²) < 4.78 is 1.19. The SMILES string of the molecule is C.Nc1ccc2scnc2c1. The van der Waals surface area contributed by atoms with Gasteiger partial charge in [-0.15, -0.1) is 11.3 Å². The maximum atomic E-state index is 5.55. The van der Waals surface area contributed by atoms with Gasteiger partial charge in [0.25, 0.3) is 0 Å². The molecule has 0 fully saturated rings. The molecule has 1 aromatic heterocycles. The summed E-state index contributed by atoms with van der Waals surface area (Å²) >= 11 is 1.63. The molecule has 3 heteroatoms. The molecule has 0 saturated carbocycles. The maximum Gasteiger partial charge on any atom is 0.0832 e. The van der Waals surface area contributed by atoms with Crippen molar-refractivity contribution in [3.05, 3.63) is 23.7 Å². The van der Waals surface area contributed by atoms with Gasteiger partial charge in [-0.2, -0.15) is 0 Å². The molecule has 0 atom stereocenters. The summed E-state index contributed by atoms with van der Waals surface area (Å²) in [6, 6.07) is 5.76. The van der Waals surface area contributed by atoms with Gasteiger partial charge in [0.05, 0.1) is 15.7 Å². The summed E-state index contributed by atoms with van der Waals surface area (Å²) in [6.07, 6.45) is 0. The van der Waals surface area contributed by atoms with E-state index in [1.807, 2.05) is 23.7 Å². The molecule has 2 rings (SSSR count). The van der Waals surface area contributed by atoms with Crippen molar-refractivity contribution in [2.75, 3.05) is 5.73 Å². The van der Waals surface area contributed by atoms with E-state index in [2.05, 4.69) is 4.98 Å². The smallest absolute Gasteiger partial charge is 0.0832 e. The zero-order chi connectivity index (χ0) is 6.97. The Balaban J connectivity index is 0.000000605.